The number of aryl methyl sites for hydroxylation is 1. The molecule has 4 rings (SSSR count). The molecule has 1 aliphatic rings. The number of methoxy groups -OCH3 is 1. The van der Waals surface area contributed by atoms with Gasteiger partial charge in [-0.25, -0.2) is 0 Å². The highest BCUT2D eigenvalue weighted by molar-refractivity contribution is 6.83. The molecular formula is C24H22BNO. The number of anilines is 1. The van der Waals surface area contributed by atoms with Gasteiger partial charge < -0.3 is 9.55 Å². The van der Waals surface area contributed by atoms with Gasteiger partial charge in [-0.1, -0.05) is 72.2 Å². The largest absolute Gasteiger partial charge is 0.497 e. The first-order valence-corrected chi connectivity index (χ1v) is 9.20. The molecule has 0 aliphatic carbocycles. The summed E-state index contributed by atoms with van der Waals surface area (Å²) in [5, 5.41) is 0. The normalized spacial score (nSPS) is 13.5. The Labute approximate surface area is 161 Å². The van der Waals surface area contributed by atoms with Crippen molar-refractivity contribution in [3.05, 3.63) is 108 Å². The Morgan fingerprint density at radius 2 is 1.52 bits per heavy atom. The summed E-state index contributed by atoms with van der Waals surface area (Å²) in [5.41, 5.74) is 6.14. The maximum Gasteiger partial charge on any atom is 0.320 e. The number of nitrogens with zero attached hydrogens (tertiary/aromatic N) is 1. The smallest absolute Gasteiger partial charge is 0.320 e. The molecular weight excluding hydrogens is 329 g/mol. The fourth-order valence-corrected chi connectivity index (χ4v) is 3.62. The summed E-state index contributed by atoms with van der Waals surface area (Å²) in [4.78, 5) is 2.40. The van der Waals surface area contributed by atoms with Crippen LogP contribution in [0.15, 0.2) is 97.0 Å². The van der Waals surface area contributed by atoms with Crippen LogP contribution in [0.5, 0.6) is 5.75 Å². The Bertz CT molecular complexity index is 977. The number of ether oxygens (including phenoxy) is 1. The van der Waals surface area contributed by atoms with Gasteiger partial charge in [0.05, 0.1) is 7.11 Å². The molecule has 0 aromatic heterocycles. The molecule has 1 heterocycles. The molecule has 0 saturated carbocycles. The van der Waals surface area contributed by atoms with E-state index >= 15 is 0 Å². The van der Waals surface area contributed by atoms with Crippen molar-refractivity contribution in [3.8, 4) is 5.75 Å². The maximum atomic E-state index is 5.35. The van der Waals surface area contributed by atoms with E-state index in [-0.39, 0.29) is 6.85 Å². The lowest BCUT2D eigenvalue weighted by Crippen LogP contribution is -2.48. The van der Waals surface area contributed by atoms with Crippen molar-refractivity contribution in [2.45, 2.75) is 6.92 Å². The Morgan fingerprint density at radius 1 is 0.815 bits per heavy atom. The van der Waals surface area contributed by atoms with Crippen LogP contribution in [0.3, 0.4) is 0 Å². The predicted octanol–water partition coefficient (Wildman–Crippen LogP) is 4.86. The van der Waals surface area contributed by atoms with Crippen molar-refractivity contribution in [2.75, 3.05) is 11.9 Å². The monoisotopic (exact) mass is 351 g/mol. The molecule has 1 aliphatic heterocycles. The number of rotatable bonds is 4. The number of hydrogen-bond acceptors (Lipinski definition) is 2. The van der Waals surface area contributed by atoms with Crippen LogP contribution in [-0.4, -0.2) is 14.0 Å². The number of allylic oxidation sites excluding steroid dienone is 2. The summed E-state index contributed by atoms with van der Waals surface area (Å²) in [6, 6.07) is 27.4. The van der Waals surface area contributed by atoms with Crippen LogP contribution in [0.1, 0.15) is 11.1 Å². The van der Waals surface area contributed by atoms with Crippen molar-refractivity contribution in [1.82, 2.24) is 0 Å². The second kappa shape index (κ2) is 7.59. The van der Waals surface area contributed by atoms with Crippen molar-refractivity contribution in [3.63, 3.8) is 0 Å². The van der Waals surface area contributed by atoms with E-state index in [9.17, 15) is 0 Å². The van der Waals surface area contributed by atoms with Gasteiger partial charge in [-0.05, 0) is 48.3 Å². The zero-order chi connectivity index (χ0) is 18.6. The first kappa shape index (κ1) is 17.2. The molecule has 0 atom stereocenters. The van der Waals surface area contributed by atoms with E-state index in [1.807, 2.05) is 12.1 Å². The highest BCUT2D eigenvalue weighted by atomic mass is 16.5. The van der Waals surface area contributed by atoms with Crippen LogP contribution in [0.25, 0.3) is 5.70 Å². The van der Waals surface area contributed by atoms with Crippen molar-refractivity contribution in [2.24, 2.45) is 0 Å². The highest BCUT2D eigenvalue weighted by Crippen LogP contribution is 2.31. The molecule has 3 aromatic rings. The summed E-state index contributed by atoms with van der Waals surface area (Å²) < 4.78 is 5.35. The van der Waals surface area contributed by atoms with Crippen molar-refractivity contribution < 1.29 is 4.74 Å². The lowest BCUT2D eigenvalue weighted by atomic mass is 9.51. The Balaban J connectivity index is 1.85. The Morgan fingerprint density at radius 3 is 2.22 bits per heavy atom. The van der Waals surface area contributed by atoms with E-state index in [0.29, 0.717) is 0 Å². The van der Waals surface area contributed by atoms with Gasteiger partial charge in [0.15, 0.2) is 0 Å². The van der Waals surface area contributed by atoms with E-state index in [4.69, 9.17) is 4.74 Å². The molecule has 3 heteroatoms. The van der Waals surface area contributed by atoms with Gasteiger partial charge in [0.2, 0.25) is 0 Å². The van der Waals surface area contributed by atoms with Crippen LogP contribution in [0.4, 0.5) is 5.69 Å². The Kier molecular flexibility index (Phi) is 4.84. The van der Waals surface area contributed by atoms with E-state index in [1.54, 1.807) is 7.11 Å². The molecule has 0 unspecified atom stereocenters. The van der Waals surface area contributed by atoms with Gasteiger partial charge in [0.25, 0.3) is 0 Å². The average molecular weight is 351 g/mol. The molecule has 2 nitrogen and oxygen atoms in total. The van der Waals surface area contributed by atoms with Crippen molar-refractivity contribution in [1.29, 1.82) is 0 Å². The topological polar surface area (TPSA) is 12.5 Å². The minimum Gasteiger partial charge on any atom is -0.497 e. The minimum atomic E-state index is 0.139. The summed E-state index contributed by atoms with van der Waals surface area (Å²) >= 11 is 0. The van der Waals surface area contributed by atoms with E-state index < -0.39 is 0 Å². The first-order chi connectivity index (χ1) is 13.3. The third-order valence-corrected chi connectivity index (χ3v) is 5.01. The number of benzene rings is 3. The zero-order valence-electron chi connectivity index (χ0n) is 15.7. The lowest BCUT2D eigenvalue weighted by molar-refractivity contribution is 0.415. The van der Waals surface area contributed by atoms with Crippen LogP contribution in [0.2, 0.25) is 0 Å². The molecule has 132 valence electrons. The molecule has 0 amide bonds. The quantitative estimate of drug-likeness (QED) is 0.623. The second-order valence-corrected chi connectivity index (χ2v) is 6.67. The molecule has 27 heavy (non-hydrogen) atoms. The molecule has 0 radical (unpaired) electrons. The first-order valence-electron chi connectivity index (χ1n) is 9.20. The fourth-order valence-electron chi connectivity index (χ4n) is 3.62. The van der Waals surface area contributed by atoms with Crippen molar-refractivity contribution >= 4 is 23.7 Å². The van der Waals surface area contributed by atoms with Gasteiger partial charge >= 0.3 is 6.85 Å². The lowest BCUT2D eigenvalue weighted by Gasteiger charge is -2.35. The molecule has 0 saturated heterocycles. The van der Waals surface area contributed by atoms with Crippen LogP contribution >= 0.6 is 0 Å². The SMILES string of the molecule is COc1ccc(N2B(c3ccccc3C)C=CC=C2c2ccccc2)cc1. The zero-order valence-corrected chi connectivity index (χ0v) is 15.7. The van der Waals surface area contributed by atoms with Crippen LogP contribution in [-0.2, 0) is 0 Å². The summed E-state index contributed by atoms with van der Waals surface area (Å²) in [6.07, 6.45) is 4.35. The second-order valence-electron chi connectivity index (χ2n) is 6.67. The minimum absolute atomic E-state index is 0.139. The van der Waals surface area contributed by atoms with E-state index in [2.05, 4.69) is 96.6 Å². The summed E-state index contributed by atoms with van der Waals surface area (Å²) in [6.45, 7) is 2.32. The number of hydrogen-bond donors (Lipinski definition) is 0. The average Bonchev–Trinajstić information content (AvgIpc) is 2.74. The Hall–Kier alpha value is -3.20. The third kappa shape index (κ3) is 3.41. The molecule has 0 bridgehead atoms. The molecule has 0 N–H and O–H groups in total. The summed E-state index contributed by atoms with van der Waals surface area (Å²) in [7, 11) is 1.70. The summed E-state index contributed by atoms with van der Waals surface area (Å²) in [5.74, 6) is 3.13. The standard InChI is InChI=1S/C24H22BNO/c1-19-9-6-7-12-23(19)25-18-8-13-24(20-10-4-3-5-11-20)26(25)21-14-16-22(27-2)17-15-21/h3-18H,1-2H3. The van der Waals surface area contributed by atoms with Gasteiger partial charge in [-0.2, -0.15) is 0 Å². The van der Waals surface area contributed by atoms with Gasteiger partial charge in [0, 0.05) is 11.4 Å². The van der Waals surface area contributed by atoms with Gasteiger partial charge in [0.1, 0.15) is 5.75 Å². The molecule has 0 spiro atoms. The van der Waals surface area contributed by atoms with E-state index in [0.717, 1.165) is 11.4 Å². The van der Waals surface area contributed by atoms with Gasteiger partial charge in [-0.15, -0.1) is 0 Å². The van der Waals surface area contributed by atoms with Crippen LogP contribution < -0.4 is 15.0 Å². The molecule has 3 aromatic carbocycles. The predicted molar refractivity (Wildman–Crippen MR) is 116 cm³/mol. The maximum absolute atomic E-state index is 5.35. The van der Waals surface area contributed by atoms with Crippen LogP contribution in [0, 0.1) is 6.92 Å². The van der Waals surface area contributed by atoms with E-state index in [1.165, 1.54) is 22.3 Å². The highest BCUT2D eigenvalue weighted by Gasteiger charge is 2.30. The third-order valence-electron chi connectivity index (χ3n) is 5.01. The fraction of sp³-hybridized carbons (Fsp3) is 0.0833. The molecule has 0 fully saturated rings. The van der Waals surface area contributed by atoms with Gasteiger partial charge in [-0.3, -0.25) is 0 Å².